The van der Waals surface area contributed by atoms with E-state index in [1.165, 1.54) is 0 Å². The zero-order chi connectivity index (χ0) is 17.4. The van der Waals surface area contributed by atoms with Crippen LogP contribution in [0.2, 0.25) is 0 Å². The fraction of sp³-hybridized carbons (Fsp3) is 0.316. The van der Waals surface area contributed by atoms with Crippen LogP contribution in [0.1, 0.15) is 26.2 Å². The van der Waals surface area contributed by atoms with E-state index in [-0.39, 0.29) is 23.9 Å². The largest absolute Gasteiger partial charge is 0.328 e. The molecule has 1 aromatic rings. The first-order valence-electron chi connectivity index (χ1n) is 8.57. The Labute approximate surface area is 146 Å². The Kier molecular flexibility index (Phi) is 3.87. The van der Waals surface area contributed by atoms with Crippen molar-refractivity contribution in [3.63, 3.8) is 0 Å². The fourth-order valence-electron chi connectivity index (χ4n) is 3.74. The summed E-state index contributed by atoms with van der Waals surface area (Å²) in [6.45, 7) is 2.07. The van der Waals surface area contributed by atoms with E-state index in [9.17, 15) is 9.59 Å². The van der Waals surface area contributed by atoms with Crippen LogP contribution in [0.5, 0.6) is 0 Å². The van der Waals surface area contributed by atoms with Crippen molar-refractivity contribution < 1.29 is 9.59 Å². The lowest BCUT2D eigenvalue weighted by Crippen LogP contribution is -2.47. The van der Waals surface area contributed by atoms with Crippen LogP contribution in [-0.4, -0.2) is 32.8 Å². The first kappa shape index (κ1) is 15.6. The Balaban J connectivity index is 1.73. The Bertz CT molecular complexity index is 797. The number of carbonyl (C=O) groups is 2. The molecule has 0 aromatic carbocycles. The monoisotopic (exact) mass is 336 g/mol. The number of anilines is 1. The molecule has 0 radical (unpaired) electrons. The molecule has 6 heteroatoms. The lowest BCUT2D eigenvalue weighted by atomic mass is 10.00. The summed E-state index contributed by atoms with van der Waals surface area (Å²) in [6.07, 6.45) is 13.2. The average Bonchev–Trinajstić information content (AvgIpc) is 2.84. The Morgan fingerprint density at radius 3 is 2.84 bits per heavy atom. The number of nitrogens with one attached hydrogen (secondary N) is 1. The molecular formula is C19H20N4O2. The molecule has 0 saturated heterocycles. The van der Waals surface area contributed by atoms with Gasteiger partial charge in [-0.05, 0) is 31.1 Å². The minimum atomic E-state index is -0.281. The van der Waals surface area contributed by atoms with Crippen molar-refractivity contribution in [2.45, 2.75) is 32.4 Å². The Morgan fingerprint density at radius 2 is 2.04 bits per heavy atom. The van der Waals surface area contributed by atoms with E-state index >= 15 is 0 Å². The van der Waals surface area contributed by atoms with Gasteiger partial charge in [0.1, 0.15) is 11.9 Å². The highest BCUT2D eigenvalue weighted by atomic mass is 16.2. The van der Waals surface area contributed by atoms with E-state index < -0.39 is 0 Å². The first-order chi connectivity index (χ1) is 12.2. The van der Waals surface area contributed by atoms with Gasteiger partial charge in [0.05, 0.1) is 0 Å². The van der Waals surface area contributed by atoms with Crippen LogP contribution in [-0.2, 0) is 4.79 Å². The van der Waals surface area contributed by atoms with Crippen LogP contribution in [0.25, 0.3) is 0 Å². The van der Waals surface area contributed by atoms with Gasteiger partial charge in [0, 0.05) is 42.3 Å². The summed E-state index contributed by atoms with van der Waals surface area (Å²) in [6, 6.07) is 3.19. The molecule has 128 valence electrons. The second kappa shape index (κ2) is 6.20. The van der Waals surface area contributed by atoms with E-state index in [0.717, 1.165) is 18.5 Å². The SMILES string of the molecule is CC1C=CC=CN2C3=C(C(=O)CCC3)N(C(=O)Nc3ccncc3)C12. The summed E-state index contributed by atoms with van der Waals surface area (Å²) in [7, 11) is 0. The third-order valence-electron chi connectivity index (χ3n) is 4.85. The van der Waals surface area contributed by atoms with Crippen molar-refractivity contribution >= 4 is 17.5 Å². The summed E-state index contributed by atoms with van der Waals surface area (Å²) in [4.78, 5) is 33.4. The van der Waals surface area contributed by atoms with Crippen LogP contribution in [0.3, 0.4) is 0 Å². The van der Waals surface area contributed by atoms with Gasteiger partial charge in [-0.15, -0.1) is 0 Å². The van der Waals surface area contributed by atoms with Crippen molar-refractivity contribution in [3.05, 3.63) is 60.3 Å². The third-order valence-corrected chi connectivity index (χ3v) is 4.85. The highest BCUT2D eigenvalue weighted by Crippen LogP contribution is 2.41. The number of pyridine rings is 1. The lowest BCUT2D eigenvalue weighted by Gasteiger charge is -2.33. The fourth-order valence-corrected chi connectivity index (χ4v) is 3.74. The molecule has 1 aliphatic carbocycles. The maximum Gasteiger partial charge on any atom is 0.328 e. The minimum Gasteiger partial charge on any atom is -0.327 e. The maximum absolute atomic E-state index is 13.1. The van der Waals surface area contributed by atoms with Crippen molar-refractivity contribution in [1.29, 1.82) is 0 Å². The van der Waals surface area contributed by atoms with Gasteiger partial charge in [-0.25, -0.2) is 4.79 Å². The number of allylic oxidation sites excluding steroid dienone is 4. The minimum absolute atomic E-state index is 0.0452. The van der Waals surface area contributed by atoms with Gasteiger partial charge in [0.25, 0.3) is 0 Å². The number of amides is 2. The van der Waals surface area contributed by atoms with E-state index in [1.807, 2.05) is 18.4 Å². The number of rotatable bonds is 1. The Hall–Kier alpha value is -2.89. The molecule has 2 atom stereocenters. The Morgan fingerprint density at radius 1 is 1.24 bits per heavy atom. The second-order valence-electron chi connectivity index (χ2n) is 6.51. The van der Waals surface area contributed by atoms with E-state index in [4.69, 9.17) is 0 Å². The molecule has 0 bridgehead atoms. The van der Waals surface area contributed by atoms with Crippen LogP contribution in [0, 0.1) is 5.92 Å². The van der Waals surface area contributed by atoms with Gasteiger partial charge in [0.15, 0.2) is 5.78 Å². The topological polar surface area (TPSA) is 65.5 Å². The number of urea groups is 1. The molecule has 6 nitrogen and oxygen atoms in total. The van der Waals surface area contributed by atoms with E-state index in [0.29, 0.717) is 17.8 Å². The molecule has 2 aliphatic heterocycles. The van der Waals surface area contributed by atoms with Gasteiger partial charge in [-0.1, -0.05) is 19.1 Å². The van der Waals surface area contributed by atoms with Crippen LogP contribution < -0.4 is 5.32 Å². The molecule has 0 fully saturated rings. The summed E-state index contributed by atoms with van der Waals surface area (Å²) >= 11 is 0. The second-order valence-corrected chi connectivity index (χ2v) is 6.51. The summed E-state index contributed by atoms with van der Waals surface area (Å²) < 4.78 is 0. The average molecular weight is 336 g/mol. The highest BCUT2D eigenvalue weighted by Gasteiger charge is 2.46. The number of fused-ring (bicyclic) bond motifs is 2. The zero-order valence-electron chi connectivity index (χ0n) is 14.1. The number of hydrogen-bond donors (Lipinski definition) is 1. The summed E-state index contributed by atoms with van der Waals surface area (Å²) in [5.74, 6) is 0.139. The lowest BCUT2D eigenvalue weighted by molar-refractivity contribution is -0.117. The smallest absolute Gasteiger partial charge is 0.327 e. The molecule has 3 heterocycles. The van der Waals surface area contributed by atoms with Crippen molar-refractivity contribution in [2.75, 3.05) is 5.32 Å². The van der Waals surface area contributed by atoms with Crippen molar-refractivity contribution in [3.8, 4) is 0 Å². The van der Waals surface area contributed by atoms with Crippen molar-refractivity contribution in [1.82, 2.24) is 14.8 Å². The third kappa shape index (κ3) is 2.63. The summed E-state index contributed by atoms with van der Waals surface area (Å²) in [5.41, 5.74) is 2.17. The number of ketones is 1. The zero-order valence-corrected chi connectivity index (χ0v) is 14.1. The van der Waals surface area contributed by atoms with E-state index in [1.54, 1.807) is 29.4 Å². The van der Waals surface area contributed by atoms with Gasteiger partial charge < -0.3 is 10.2 Å². The molecule has 3 aliphatic rings. The maximum atomic E-state index is 13.1. The quantitative estimate of drug-likeness (QED) is 0.855. The highest BCUT2D eigenvalue weighted by molar-refractivity contribution is 6.03. The van der Waals surface area contributed by atoms with Gasteiger partial charge in [0.2, 0.25) is 0 Å². The molecule has 4 rings (SSSR count). The van der Waals surface area contributed by atoms with Gasteiger partial charge in [-0.3, -0.25) is 14.7 Å². The number of aromatic nitrogens is 1. The molecular weight excluding hydrogens is 316 g/mol. The molecule has 1 aromatic heterocycles. The predicted molar refractivity (Wildman–Crippen MR) is 94.0 cm³/mol. The van der Waals surface area contributed by atoms with Gasteiger partial charge in [-0.2, -0.15) is 0 Å². The normalized spacial score (nSPS) is 24.9. The molecule has 2 unspecified atom stereocenters. The predicted octanol–water partition coefficient (Wildman–Crippen LogP) is 3.24. The van der Waals surface area contributed by atoms with Crippen molar-refractivity contribution in [2.24, 2.45) is 5.92 Å². The molecule has 2 amide bonds. The first-order valence-corrected chi connectivity index (χ1v) is 8.57. The molecule has 25 heavy (non-hydrogen) atoms. The molecule has 0 spiro atoms. The standard InChI is InChI=1S/C19H20N4O2/c1-13-5-2-3-12-22-15-6-4-7-16(24)17(15)23(18(13)22)19(25)21-14-8-10-20-11-9-14/h2-3,5,8-13,18H,4,6-7H2,1H3,(H,20,21,25). The van der Waals surface area contributed by atoms with Crippen LogP contribution >= 0.6 is 0 Å². The molecule has 1 N–H and O–H groups in total. The van der Waals surface area contributed by atoms with Gasteiger partial charge >= 0.3 is 6.03 Å². The number of hydrogen-bond acceptors (Lipinski definition) is 4. The van der Waals surface area contributed by atoms with Crippen LogP contribution in [0.15, 0.2) is 60.3 Å². The summed E-state index contributed by atoms with van der Waals surface area (Å²) in [5, 5.41) is 2.90. The number of carbonyl (C=O) groups excluding carboxylic acids is 2. The molecule has 0 saturated carbocycles. The number of Topliss-reactive ketones (excluding diaryl/α,β-unsaturated/α-hetero) is 1. The van der Waals surface area contributed by atoms with Crippen LogP contribution in [0.4, 0.5) is 10.5 Å². The van der Waals surface area contributed by atoms with E-state index in [2.05, 4.69) is 28.2 Å². The number of nitrogens with zero attached hydrogens (tertiary/aromatic N) is 3.